The van der Waals surface area contributed by atoms with E-state index in [1.165, 1.54) is 0 Å². The molecule has 3 aromatic rings. The number of halogens is 2. The Labute approximate surface area is 166 Å². The molecule has 0 amide bonds. The zero-order valence-electron chi connectivity index (χ0n) is 14.6. The summed E-state index contributed by atoms with van der Waals surface area (Å²) in [6.07, 6.45) is 0. The molecule has 2 aromatic carbocycles. The van der Waals surface area contributed by atoms with Crippen LogP contribution in [0.5, 0.6) is 5.75 Å². The van der Waals surface area contributed by atoms with E-state index in [-0.39, 0.29) is 25.0 Å². The molecule has 0 atom stereocenters. The minimum Gasteiger partial charge on any atom is -0.483 e. The van der Waals surface area contributed by atoms with E-state index in [0.717, 1.165) is 16.6 Å². The molecule has 0 radical (unpaired) electrons. The Kier molecular flexibility index (Phi) is 6.04. The number of carbonyl (C=O) groups excluding carboxylic acids is 2. The summed E-state index contributed by atoms with van der Waals surface area (Å²) in [5, 5.41) is 1.38. The van der Waals surface area contributed by atoms with Crippen LogP contribution in [0.2, 0.25) is 5.02 Å². The number of hydrogen-bond acceptors (Lipinski definition) is 4. The molecule has 0 unspecified atom stereocenters. The van der Waals surface area contributed by atoms with Gasteiger partial charge in [-0.2, -0.15) is 0 Å². The van der Waals surface area contributed by atoms with Gasteiger partial charge in [0.2, 0.25) is 0 Å². The van der Waals surface area contributed by atoms with Crippen molar-refractivity contribution in [2.24, 2.45) is 0 Å². The first-order valence-corrected chi connectivity index (χ1v) is 9.13. The normalized spacial score (nSPS) is 10.8. The predicted molar refractivity (Wildman–Crippen MR) is 105 cm³/mol. The second kappa shape index (κ2) is 8.46. The summed E-state index contributed by atoms with van der Waals surface area (Å²) < 4.78 is 12.4. The van der Waals surface area contributed by atoms with Crippen LogP contribution < -0.4 is 4.74 Å². The van der Waals surface area contributed by atoms with Crippen molar-refractivity contribution >= 4 is 45.9 Å². The average Bonchev–Trinajstić information content (AvgIpc) is 2.92. The molecule has 0 aliphatic heterocycles. The minimum absolute atomic E-state index is 0.00750. The number of benzene rings is 2. The van der Waals surface area contributed by atoms with Gasteiger partial charge in [0.1, 0.15) is 12.3 Å². The molecular weight excluding hydrogens is 389 g/mol. The Morgan fingerprint density at radius 2 is 1.78 bits per heavy atom. The summed E-state index contributed by atoms with van der Waals surface area (Å²) in [6.45, 7) is 1.71. The molecular formula is C20H17Cl2NO4. The Morgan fingerprint density at radius 1 is 1.07 bits per heavy atom. The summed E-state index contributed by atoms with van der Waals surface area (Å²) in [5.74, 6) is -0.0475. The van der Waals surface area contributed by atoms with Gasteiger partial charge in [-0.05, 0) is 43.3 Å². The molecule has 0 fully saturated rings. The summed E-state index contributed by atoms with van der Waals surface area (Å²) in [4.78, 5) is 24.2. The monoisotopic (exact) mass is 405 g/mol. The SMILES string of the molecule is Cc1c(OCC(=O)c2ccc(Cl)cc2)c2ccccc2n1CC(=O)OCCl. The summed E-state index contributed by atoms with van der Waals surface area (Å²) >= 11 is 11.3. The van der Waals surface area contributed by atoms with Gasteiger partial charge >= 0.3 is 5.97 Å². The second-order valence-electron chi connectivity index (χ2n) is 5.86. The van der Waals surface area contributed by atoms with Crippen molar-refractivity contribution in [3.63, 3.8) is 0 Å². The highest BCUT2D eigenvalue weighted by Gasteiger charge is 2.18. The van der Waals surface area contributed by atoms with Gasteiger partial charge in [0, 0.05) is 16.0 Å². The third-order valence-corrected chi connectivity index (χ3v) is 4.55. The van der Waals surface area contributed by atoms with E-state index in [1.54, 1.807) is 28.8 Å². The van der Waals surface area contributed by atoms with Gasteiger partial charge in [-0.1, -0.05) is 35.3 Å². The van der Waals surface area contributed by atoms with Gasteiger partial charge in [0.05, 0.1) is 11.2 Å². The van der Waals surface area contributed by atoms with Crippen LogP contribution in [0, 0.1) is 6.92 Å². The number of rotatable bonds is 7. The lowest BCUT2D eigenvalue weighted by atomic mass is 10.1. The highest BCUT2D eigenvalue weighted by molar-refractivity contribution is 6.30. The molecule has 3 rings (SSSR count). The first-order chi connectivity index (χ1) is 13.0. The number of esters is 1. The van der Waals surface area contributed by atoms with Crippen molar-refractivity contribution in [1.29, 1.82) is 0 Å². The van der Waals surface area contributed by atoms with E-state index < -0.39 is 5.97 Å². The number of nitrogens with zero attached hydrogens (tertiary/aromatic N) is 1. The zero-order chi connectivity index (χ0) is 19.4. The van der Waals surface area contributed by atoms with Crippen molar-refractivity contribution in [3.8, 4) is 5.75 Å². The molecule has 5 nitrogen and oxygen atoms in total. The quantitative estimate of drug-likeness (QED) is 0.327. The largest absolute Gasteiger partial charge is 0.483 e. The highest BCUT2D eigenvalue weighted by atomic mass is 35.5. The number of fused-ring (bicyclic) bond motifs is 1. The van der Waals surface area contributed by atoms with Crippen LogP contribution in [0.1, 0.15) is 16.1 Å². The summed E-state index contributed by atoms with van der Waals surface area (Å²) in [5.41, 5.74) is 2.06. The van der Waals surface area contributed by atoms with Crippen molar-refractivity contribution < 1.29 is 19.1 Å². The molecule has 1 aromatic heterocycles. The fraction of sp³-hybridized carbons (Fsp3) is 0.200. The van der Waals surface area contributed by atoms with E-state index in [2.05, 4.69) is 0 Å². The Bertz CT molecular complexity index is 980. The van der Waals surface area contributed by atoms with Crippen molar-refractivity contribution in [3.05, 3.63) is 64.8 Å². The van der Waals surface area contributed by atoms with Crippen LogP contribution in [0.4, 0.5) is 0 Å². The number of hydrogen-bond donors (Lipinski definition) is 0. The van der Waals surface area contributed by atoms with E-state index in [1.807, 2.05) is 31.2 Å². The van der Waals surface area contributed by atoms with Gasteiger partial charge in [-0.3, -0.25) is 9.59 Å². The molecule has 0 saturated carbocycles. The van der Waals surface area contributed by atoms with Gasteiger partial charge in [-0.25, -0.2) is 0 Å². The molecule has 0 aliphatic carbocycles. The van der Waals surface area contributed by atoms with Crippen LogP contribution in [0.15, 0.2) is 48.5 Å². The number of alkyl halides is 1. The van der Waals surface area contributed by atoms with Crippen LogP contribution in [0.3, 0.4) is 0 Å². The van der Waals surface area contributed by atoms with E-state index in [4.69, 9.17) is 32.7 Å². The van der Waals surface area contributed by atoms with Gasteiger partial charge in [-0.15, -0.1) is 0 Å². The first kappa shape index (κ1) is 19.3. The highest BCUT2D eigenvalue weighted by Crippen LogP contribution is 2.33. The van der Waals surface area contributed by atoms with Crippen LogP contribution in [-0.2, 0) is 16.1 Å². The number of aromatic nitrogens is 1. The molecule has 27 heavy (non-hydrogen) atoms. The average molecular weight is 406 g/mol. The first-order valence-electron chi connectivity index (χ1n) is 8.22. The fourth-order valence-corrected chi connectivity index (χ4v) is 3.13. The lowest BCUT2D eigenvalue weighted by Gasteiger charge is -2.08. The zero-order valence-corrected chi connectivity index (χ0v) is 16.1. The maximum Gasteiger partial charge on any atom is 0.327 e. The van der Waals surface area contributed by atoms with E-state index in [0.29, 0.717) is 16.3 Å². The molecule has 0 N–H and O–H groups in total. The maximum atomic E-state index is 12.4. The van der Waals surface area contributed by atoms with Crippen LogP contribution in [0.25, 0.3) is 10.9 Å². The van der Waals surface area contributed by atoms with Gasteiger partial charge < -0.3 is 14.0 Å². The predicted octanol–water partition coefficient (Wildman–Crippen LogP) is 4.60. The number of carbonyl (C=O) groups is 2. The molecule has 0 aliphatic rings. The lowest BCUT2D eigenvalue weighted by molar-refractivity contribution is -0.142. The Hall–Kier alpha value is -2.50. The Morgan fingerprint density at radius 3 is 2.48 bits per heavy atom. The molecule has 0 bridgehead atoms. The number of ketones is 1. The smallest absolute Gasteiger partial charge is 0.327 e. The third-order valence-electron chi connectivity index (χ3n) is 4.19. The van der Waals surface area contributed by atoms with Crippen LogP contribution in [-0.4, -0.2) is 29.0 Å². The number of para-hydroxylation sites is 1. The van der Waals surface area contributed by atoms with E-state index in [9.17, 15) is 9.59 Å². The van der Waals surface area contributed by atoms with Gasteiger partial charge in [0.15, 0.2) is 18.5 Å². The molecule has 7 heteroatoms. The topological polar surface area (TPSA) is 57.5 Å². The standard InChI is InChI=1S/C20H17Cl2NO4/c1-13-20(26-11-18(24)14-6-8-15(22)9-7-14)16-4-2-3-5-17(16)23(13)10-19(25)27-12-21/h2-9H,10-12H2,1H3. The molecule has 0 spiro atoms. The summed E-state index contributed by atoms with van der Waals surface area (Å²) in [6, 6.07) is 13.9. The van der Waals surface area contributed by atoms with E-state index >= 15 is 0 Å². The molecule has 1 heterocycles. The molecule has 140 valence electrons. The molecule has 0 saturated heterocycles. The maximum absolute atomic E-state index is 12.4. The van der Waals surface area contributed by atoms with Crippen LogP contribution >= 0.6 is 23.2 Å². The van der Waals surface area contributed by atoms with Crippen molar-refractivity contribution in [2.45, 2.75) is 13.5 Å². The minimum atomic E-state index is -0.447. The van der Waals surface area contributed by atoms with Gasteiger partial charge in [0.25, 0.3) is 0 Å². The van der Waals surface area contributed by atoms with Crippen molar-refractivity contribution in [2.75, 3.05) is 12.7 Å². The lowest BCUT2D eigenvalue weighted by Crippen LogP contribution is -2.14. The second-order valence-corrected chi connectivity index (χ2v) is 6.52. The summed E-state index contributed by atoms with van der Waals surface area (Å²) in [7, 11) is 0. The fourth-order valence-electron chi connectivity index (χ4n) is 2.88. The van der Waals surface area contributed by atoms with Crippen molar-refractivity contribution in [1.82, 2.24) is 4.57 Å². The number of ether oxygens (including phenoxy) is 2. The number of Topliss-reactive ketones (excluding diaryl/α,β-unsaturated/α-hetero) is 1. The third kappa shape index (κ3) is 4.26. The Balaban J connectivity index is 1.85.